The molecule has 0 atom stereocenters. The van der Waals surface area contributed by atoms with Gasteiger partial charge >= 0.3 is 0 Å². The summed E-state index contributed by atoms with van der Waals surface area (Å²) in [4.78, 5) is 12.6. The smallest absolute Gasteiger partial charge is 0.273 e. The molecule has 0 saturated heterocycles. The Hall–Kier alpha value is -3.83. The number of hydrazone groups is 1. The molecule has 0 aliphatic carbocycles. The van der Waals surface area contributed by atoms with Crippen LogP contribution in [0.15, 0.2) is 102 Å². The van der Waals surface area contributed by atoms with Gasteiger partial charge in [-0.25, -0.2) is 5.43 Å². The van der Waals surface area contributed by atoms with Gasteiger partial charge in [0.15, 0.2) is 0 Å². The Bertz CT molecular complexity index is 1170. The number of carbonyl (C=O) groups excluding carboxylic acids is 1. The number of ether oxygens (including phenoxy) is 1. The Morgan fingerprint density at radius 2 is 1.65 bits per heavy atom. The van der Waals surface area contributed by atoms with Crippen LogP contribution in [0.25, 0.3) is 5.69 Å². The number of hydrogen-bond donors (Lipinski definition) is 1. The Labute approximate surface area is 185 Å². The van der Waals surface area contributed by atoms with Crippen LogP contribution in [0, 0.1) is 0 Å². The fourth-order valence-electron chi connectivity index (χ4n) is 3.01. The van der Waals surface area contributed by atoms with E-state index in [0.717, 1.165) is 22.6 Å². The summed E-state index contributed by atoms with van der Waals surface area (Å²) in [6, 6.07) is 26.2. The van der Waals surface area contributed by atoms with Gasteiger partial charge in [0, 0.05) is 17.4 Å². The maximum Gasteiger partial charge on any atom is 0.273 e. The first kappa shape index (κ1) is 20.4. The minimum atomic E-state index is -0.275. The number of rotatable bonds is 7. The molecule has 5 nitrogen and oxygen atoms in total. The molecule has 154 valence electrons. The highest BCUT2D eigenvalue weighted by Gasteiger charge is 2.10. The van der Waals surface area contributed by atoms with Crippen LogP contribution in [0.2, 0.25) is 5.02 Å². The van der Waals surface area contributed by atoms with Crippen LogP contribution < -0.4 is 10.2 Å². The van der Waals surface area contributed by atoms with E-state index < -0.39 is 0 Å². The van der Waals surface area contributed by atoms with Crippen molar-refractivity contribution in [1.29, 1.82) is 0 Å². The van der Waals surface area contributed by atoms with Crippen LogP contribution in [0.4, 0.5) is 0 Å². The molecule has 1 N–H and O–H groups in total. The van der Waals surface area contributed by atoms with Crippen molar-refractivity contribution in [3.63, 3.8) is 0 Å². The second kappa shape index (κ2) is 9.78. The van der Waals surface area contributed by atoms with Crippen molar-refractivity contribution in [2.45, 2.75) is 6.61 Å². The first-order valence-electron chi connectivity index (χ1n) is 9.72. The first-order valence-corrected chi connectivity index (χ1v) is 10.1. The highest BCUT2D eigenvalue weighted by atomic mass is 35.5. The number of hydrogen-bond acceptors (Lipinski definition) is 3. The predicted octanol–water partition coefficient (Wildman–Crippen LogP) is 5.47. The molecule has 6 heteroatoms. The Morgan fingerprint density at radius 1 is 0.935 bits per heavy atom. The van der Waals surface area contributed by atoms with Gasteiger partial charge in [-0.3, -0.25) is 4.79 Å². The van der Waals surface area contributed by atoms with Crippen molar-refractivity contribution < 1.29 is 9.53 Å². The van der Waals surface area contributed by atoms with Crippen molar-refractivity contribution in [2.75, 3.05) is 0 Å². The molecule has 0 radical (unpaired) electrons. The van der Waals surface area contributed by atoms with E-state index in [2.05, 4.69) is 10.5 Å². The van der Waals surface area contributed by atoms with Gasteiger partial charge in [0.2, 0.25) is 0 Å². The van der Waals surface area contributed by atoms with E-state index in [1.165, 1.54) is 0 Å². The third kappa shape index (κ3) is 5.41. The zero-order valence-corrected chi connectivity index (χ0v) is 17.4. The monoisotopic (exact) mass is 429 g/mol. The molecule has 4 aromatic rings. The number of nitrogens with zero attached hydrogens (tertiary/aromatic N) is 2. The van der Waals surface area contributed by atoms with Crippen molar-refractivity contribution in [1.82, 2.24) is 9.99 Å². The van der Waals surface area contributed by atoms with Gasteiger partial charge in [0.25, 0.3) is 5.91 Å². The molecule has 0 aliphatic heterocycles. The third-order valence-electron chi connectivity index (χ3n) is 4.61. The van der Waals surface area contributed by atoms with Gasteiger partial charge in [-0.2, -0.15) is 5.10 Å². The Kier molecular flexibility index (Phi) is 6.45. The average molecular weight is 430 g/mol. The van der Waals surface area contributed by atoms with Crippen LogP contribution in [0.1, 0.15) is 21.5 Å². The topological polar surface area (TPSA) is 55.6 Å². The number of nitrogens with one attached hydrogen (secondary N) is 1. The van der Waals surface area contributed by atoms with E-state index in [4.69, 9.17) is 16.3 Å². The summed E-state index contributed by atoms with van der Waals surface area (Å²) in [6.45, 7) is 0.460. The van der Waals surface area contributed by atoms with E-state index in [9.17, 15) is 4.79 Å². The molecule has 0 fully saturated rings. The number of para-hydroxylation sites is 1. The zero-order valence-electron chi connectivity index (χ0n) is 16.6. The molecule has 1 aromatic heterocycles. The van der Waals surface area contributed by atoms with Gasteiger partial charge in [-0.05, 0) is 71.8 Å². The van der Waals surface area contributed by atoms with Crippen molar-refractivity contribution in [3.05, 3.63) is 119 Å². The van der Waals surface area contributed by atoms with E-state index in [-0.39, 0.29) is 5.91 Å². The molecule has 4 rings (SSSR count). The maximum atomic E-state index is 12.6. The summed E-state index contributed by atoms with van der Waals surface area (Å²) in [5.74, 6) is 0.472. The molecule has 0 aliphatic rings. The van der Waals surface area contributed by atoms with Crippen molar-refractivity contribution in [3.8, 4) is 11.4 Å². The van der Waals surface area contributed by atoms with E-state index in [1.54, 1.807) is 12.3 Å². The molecule has 0 saturated carbocycles. The zero-order chi connectivity index (χ0) is 21.5. The minimum Gasteiger partial charge on any atom is -0.489 e. The third-order valence-corrected chi connectivity index (χ3v) is 4.86. The maximum absolute atomic E-state index is 12.6. The van der Waals surface area contributed by atoms with Crippen LogP contribution in [0.5, 0.6) is 5.75 Å². The highest BCUT2D eigenvalue weighted by molar-refractivity contribution is 6.30. The van der Waals surface area contributed by atoms with Gasteiger partial charge in [0.1, 0.15) is 12.4 Å². The molecular formula is C25H20ClN3O2. The molecule has 1 heterocycles. The average Bonchev–Trinajstić information content (AvgIpc) is 3.34. The van der Waals surface area contributed by atoms with Gasteiger partial charge in [-0.1, -0.05) is 35.9 Å². The highest BCUT2D eigenvalue weighted by Crippen LogP contribution is 2.16. The Morgan fingerprint density at radius 3 is 2.39 bits per heavy atom. The van der Waals surface area contributed by atoms with Gasteiger partial charge in [0.05, 0.1) is 17.5 Å². The number of carbonyl (C=O) groups is 1. The second-order valence-electron chi connectivity index (χ2n) is 6.79. The summed E-state index contributed by atoms with van der Waals surface area (Å²) in [5, 5.41) is 4.79. The van der Waals surface area contributed by atoms with Crippen LogP contribution >= 0.6 is 11.6 Å². The van der Waals surface area contributed by atoms with E-state index in [0.29, 0.717) is 17.2 Å². The standard InChI is InChI=1S/C25H20ClN3O2/c26-21-11-7-20(8-12-21)18-31-22-13-9-19(10-14-22)17-27-28-25(30)23-5-1-2-6-24(23)29-15-3-4-16-29/h1-17H,18H2,(H,28,30)/b27-17+. The van der Waals surface area contributed by atoms with Crippen LogP contribution in [-0.2, 0) is 6.61 Å². The fraction of sp³-hybridized carbons (Fsp3) is 0.0400. The molecule has 0 unspecified atom stereocenters. The van der Waals surface area contributed by atoms with Gasteiger partial charge < -0.3 is 9.30 Å². The van der Waals surface area contributed by atoms with Crippen molar-refractivity contribution in [2.24, 2.45) is 5.10 Å². The molecule has 0 bridgehead atoms. The summed E-state index contributed by atoms with van der Waals surface area (Å²) in [5.41, 5.74) is 5.81. The predicted molar refractivity (Wildman–Crippen MR) is 123 cm³/mol. The lowest BCUT2D eigenvalue weighted by atomic mass is 10.1. The minimum absolute atomic E-state index is 0.275. The quantitative estimate of drug-likeness (QED) is 0.312. The fourth-order valence-corrected chi connectivity index (χ4v) is 3.13. The molecular weight excluding hydrogens is 410 g/mol. The molecule has 0 spiro atoms. The number of benzene rings is 3. The largest absolute Gasteiger partial charge is 0.489 e. The lowest BCUT2D eigenvalue weighted by Crippen LogP contribution is -2.19. The van der Waals surface area contributed by atoms with Crippen molar-refractivity contribution >= 4 is 23.7 Å². The lowest BCUT2D eigenvalue weighted by molar-refractivity contribution is 0.0955. The second-order valence-corrected chi connectivity index (χ2v) is 7.23. The summed E-state index contributed by atoms with van der Waals surface area (Å²) >= 11 is 5.89. The summed E-state index contributed by atoms with van der Waals surface area (Å²) in [7, 11) is 0. The lowest BCUT2D eigenvalue weighted by Gasteiger charge is -2.09. The van der Waals surface area contributed by atoms with Crippen LogP contribution in [-0.4, -0.2) is 16.7 Å². The number of halogens is 1. The molecule has 3 aromatic carbocycles. The van der Waals surface area contributed by atoms with Gasteiger partial charge in [-0.15, -0.1) is 0 Å². The SMILES string of the molecule is O=C(N/N=C/c1ccc(OCc2ccc(Cl)cc2)cc1)c1ccccc1-n1cccc1. The summed E-state index contributed by atoms with van der Waals surface area (Å²) < 4.78 is 7.67. The number of aromatic nitrogens is 1. The first-order chi connectivity index (χ1) is 15.2. The Balaban J connectivity index is 1.34. The molecule has 1 amide bonds. The van der Waals surface area contributed by atoms with Crippen LogP contribution in [0.3, 0.4) is 0 Å². The van der Waals surface area contributed by atoms with E-state index in [1.807, 2.05) is 95.8 Å². The summed E-state index contributed by atoms with van der Waals surface area (Å²) in [6.07, 6.45) is 5.39. The molecule has 31 heavy (non-hydrogen) atoms. The number of amides is 1. The normalized spacial score (nSPS) is 10.9. The van der Waals surface area contributed by atoms with E-state index >= 15 is 0 Å².